The molecule has 1 rings (SSSR count). The standard InChI is InChI=1S/C12H20N2O4S2/c1-4-5-10-20(17,18)14(2)12-8-6-11(7-9-12)13-19(3,15)16/h6-9,13H,4-5,10H2,1-3H3. The minimum absolute atomic E-state index is 0.101. The van der Waals surface area contributed by atoms with E-state index in [4.69, 9.17) is 0 Å². The van der Waals surface area contributed by atoms with Gasteiger partial charge in [-0.15, -0.1) is 0 Å². The number of unbranched alkanes of at least 4 members (excludes halogenated alkanes) is 1. The zero-order valence-electron chi connectivity index (χ0n) is 11.8. The predicted molar refractivity (Wildman–Crippen MR) is 82.0 cm³/mol. The van der Waals surface area contributed by atoms with E-state index in [1.807, 2.05) is 6.92 Å². The van der Waals surface area contributed by atoms with E-state index < -0.39 is 20.0 Å². The Balaban J connectivity index is 2.88. The minimum atomic E-state index is -3.33. The molecule has 0 aromatic heterocycles. The molecule has 0 aliphatic rings. The third-order valence-corrected chi connectivity index (χ3v) is 5.16. The smallest absolute Gasteiger partial charge is 0.234 e. The molecule has 0 unspecified atom stereocenters. The van der Waals surface area contributed by atoms with Crippen LogP contribution in [-0.2, 0) is 20.0 Å². The molecule has 20 heavy (non-hydrogen) atoms. The van der Waals surface area contributed by atoms with Gasteiger partial charge >= 0.3 is 0 Å². The van der Waals surface area contributed by atoms with Crippen LogP contribution >= 0.6 is 0 Å². The van der Waals surface area contributed by atoms with Gasteiger partial charge in [0.2, 0.25) is 20.0 Å². The van der Waals surface area contributed by atoms with E-state index in [-0.39, 0.29) is 5.75 Å². The van der Waals surface area contributed by atoms with Crippen LogP contribution in [0.1, 0.15) is 19.8 Å². The number of anilines is 2. The second-order valence-electron chi connectivity index (χ2n) is 4.56. The van der Waals surface area contributed by atoms with E-state index in [0.29, 0.717) is 17.8 Å². The molecule has 8 heteroatoms. The average Bonchev–Trinajstić information content (AvgIpc) is 2.34. The number of nitrogens with zero attached hydrogens (tertiary/aromatic N) is 1. The molecule has 0 fully saturated rings. The highest BCUT2D eigenvalue weighted by Crippen LogP contribution is 2.20. The predicted octanol–water partition coefficient (Wildman–Crippen LogP) is 1.62. The molecule has 0 saturated carbocycles. The van der Waals surface area contributed by atoms with Gasteiger partial charge in [-0.1, -0.05) is 13.3 Å². The maximum atomic E-state index is 12.0. The fraction of sp³-hybridized carbons (Fsp3) is 0.500. The van der Waals surface area contributed by atoms with Gasteiger partial charge in [0.15, 0.2) is 0 Å². The van der Waals surface area contributed by atoms with Gasteiger partial charge in [0, 0.05) is 12.7 Å². The minimum Gasteiger partial charge on any atom is -0.284 e. The van der Waals surface area contributed by atoms with Gasteiger partial charge in [-0.2, -0.15) is 0 Å². The second-order valence-corrected chi connectivity index (χ2v) is 8.43. The van der Waals surface area contributed by atoms with Crippen molar-refractivity contribution in [2.75, 3.05) is 28.1 Å². The van der Waals surface area contributed by atoms with Crippen LogP contribution in [0.5, 0.6) is 0 Å². The Morgan fingerprint density at radius 1 is 1.10 bits per heavy atom. The Kier molecular flexibility index (Phi) is 5.41. The summed E-state index contributed by atoms with van der Waals surface area (Å²) in [6, 6.07) is 6.19. The fourth-order valence-electron chi connectivity index (χ4n) is 1.58. The highest BCUT2D eigenvalue weighted by atomic mass is 32.2. The third-order valence-electron chi connectivity index (χ3n) is 2.71. The van der Waals surface area contributed by atoms with Crippen molar-refractivity contribution in [2.45, 2.75) is 19.8 Å². The van der Waals surface area contributed by atoms with Crippen molar-refractivity contribution in [3.05, 3.63) is 24.3 Å². The number of nitrogens with one attached hydrogen (secondary N) is 1. The normalized spacial score (nSPS) is 12.2. The summed E-state index contributed by atoms with van der Waals surface area (Å²) in [7, 11) is -5.17. The summed E-state index contributed by atoms with van der Waals surface area (Å²) in [6.45, 7) is 1.93. The molecule has 0 spiro atoms. The maximum Gasteiger partial charge on any atom is 0.234 e. The molecule has 0 aliphatic carbocycles. The van der Waals surface area contributed by atoms with Crippen molar-refractivity contribution < 1.29 is 16.8 Å². The lowest BCUT2D eigenvalue weighted by molar-refractivity contribution is 0.591. The fourth-order valence-corrected chi connectivity index (χ4v) is 3.51. The first kappa shape index (κ1) is 16.8. The number of rotatable bonds is 7. The molecular formula is C12H20N2O4S2. The Labute approximate surface area is 120 Å². The molecule has 0 heterocycles. The monoisotopic (exact) mass is 320 g/mol. The van der Waals surface area contributed by atoms with E-state index in [1.165, 1.54) is 23.5 Å². The molecule has 6 nitrogen and oxygen atoms in total. The van der Waals surface area contributed by atoms with Crippen LogP contribution in [0.3, 0.4) is 0 Å². The van der Waals surface area contributed by atoms with Crippen molar-refractivity contribution in [3.63, 3.8) is 0 Å². The number of hydrogen-bond acceptors (Lipinski definition) is 4. The summed E-state index contributed by atoms with van der Waals surface area (Å²) in [5, 5.41) is 0. The van der Waals surface area contributed by atoms with E-state index in [2.05, 4.69) is 4.72 Å². The summed E-state index contributed by atoms with van der Waals surface area (Å²) in [5.74, 6) is 0.101. The first-order chi connectivity index (χ1) is 9.15. The van der Waals surface area contributed by atoms with Gasteiger partial charge in [-0.05, 0) is 30.7 Å². The zero-order valence-corrected chi connectivity index (χ0v) is 13.5. The molecule has 0 bridgehead atoms. The summed E-state index contributed by atoms with van der Waals surface area (Å²) >= 11 is 0. The van der Waals surface area contributed by atoms with Crippen LogP contribution in [0.25, 0.3) is 0 Å². The van der Waals surface area contributed by atoms with Crippen LogP contribution in [0, 0.1) is 0 Å². The Morgan fingerprint density at radius 2 is 1.65 bits per heavy atom. The number of hydrogen-bond donors (Lipinski definition) is 1. The third kappa shape index (κ3) is 5.01. The molecule has 1 N–H and O–H groups in total. The van der Waals surface area contributed by atoms with Crippen molar-refractivity contribution in [1.82, 2.24) is 0 Å². The van der Waals surface area contributed by atoms with Crippen LogP contribution < -0.4 is 9.03 Å². The lowest BCUT2D eigenvalue weighted by Crippen LogP contribution is -2.28. The van der Waals surface area contributed by atoms with Crippen molar-refractivity contribution >= 4 is 31.4 Å². The molecular weight excluding hydrogens is 300 g/mol. The summed E-state index contributed by atoms with van der Waals surface area (Å²) in [4.78, 5) is 0. The highest BCUT2D eigenvalue weighted by Gasteiger charge is 2.17. The first-order valence-corrected chi connectivity index (χ1v) is 9.70. The maximum absolute atomic E-state index is 12.0. The molecule has 0 saturated heterocycles. The van der Waals surface area contributed by atoms with Crippen LogP contribution in [0.4, 0.5) is 11.4 Å². The number of benzene rings is 1. The van der Waals surface area contributed by atoms with Gasteiger partial charge in [0.25, 0.3) is 0 Å². The largest absolute Gasteiger partial charge is 0.284 e. The van der Waals surface area contributed by atoms with Crippen LogP contribution in [0.15, 0.2) is 24.3 Å². The summed E-state index contributed by atoms with van der Waals surface area (Å²) in [6.07, 6.45) is 2.48. The lowest BCUT2D eigenvalue weighted by Gasteiger charge is -2.19. The van der Waals surface area contributed by atoms with Crippen LogP contribution in [-0.4, -0.2) is 35.9 Å². The summed E-state index contributed by atoms with van der Waals surface area (Å²) in [5.41, 5.74) is 0.899. The molecule has 114 valence electrons. The van der Waals surface area contributed by atoms with Gasteiger partial charge in [-0.25, -0.2) is 16.8 Å². The van der Waals surface area contributed by atoms with Crippen molar-refractivity contribution in [1.29, 1.82) is 0 Å². The summed E-state index contributed by atoms with van der Waals surface area (Å²) < 4.78 is 49.7. The number of sulfonamides is 2. The quantitative estimate of drug-likeness (QED) is 0.827. The Bertz CT molecular complexity index is 637. The van der Waals surface area contributed by atoms with Crippen molar-refractivity contribution in [3.8, 4) is 0 Å². The molecule has 0 atom stereocenters. The SMILES string of the molecule is CCCCS(=O)(=O)N(C)c1ccc(NS(C)(=O)=O)cc1. The van der Waals surface area contributed by atoms with E-state index in [0.717, 1.165) is 12.7 Å². The topological polar surface area (TPSA) is 83.6 Å². The van der Waals surface area contributed by atoms with Gasteiger partial charge in [-0.3, -0.25) is 9.03 Å². The van der Waals surface area contributed by atoms with Crippen LogP contribution in [0.2, 0.25) is 0 Å². The molecule has 0 amide bonds. The molecule has 0 aliphatic heterocycles. The van der Waals surface area contributed by atoms with Gasteiger partial charge in [0.05, 0.1) is 17.7 Å². The molecule has 1 aromatic carbocycles. The highest BCUT2D eigenvalue weighted by molar-refractivity contribution is 7.92. The van der Waals surface area contributed by atoms with E-state index in [1.54, 1.807) is 12.1 Å². The zero-order chi connectivity index (χ0) is 15.4. The van der Waals surface area contributed by atoms with E-state index in [9.17, 15) is 16.8 Å². The first-order valence-electron chi connectivity index (χ1n) is 6.20. The van der Waals surface area contributed by atoms with E-state index >= 15 is 0 Å². The van der Waals surface area contributed by atoms with Gasteiger partial charge < -0.3 is 0 Å². The Morgan fingerprint density at radius 3 is 2.10 bits per heavy atom. The second kappa shape index (κ2) is 6.45. The average molecular weight is 320 g/mol. The molecule has 1 aromatic rings. The lowest BCUT2D eigenvalue weighted by atomic mass is 10.3. The molecule has 0 radical (unpaired) electrons. The van der Waals surface area contributed by atoms with Crippen molar-refractivity contribution in [2.24, 2.45) is 0 Å². The van der Waals surface area contributed by atoms with Gasteiger partial charge in [0.1, 0.15) is 0 Å². The Hall–Kier alpha value is -1.28.